The van der Waals surface area contributed by atoms with E-state index < -0.39 is 0 Å². The average molecular weight is 898 g/mol. The van der Waals surface area contributed by atoms with Crippen molar-refractivity contribution in [2.24, 2.45) is 9.98 Å². The van der Waals surface area contributed by atoms with Gasteiger partial charge in [-0.2, -0.15) is 0 Å². The van der Waals surface area contributed by atoms with E-state index in [1.165, 1.54) is 83.2 Å². The van der Waals surface area contributed by atoms with Crippen LogP contribution in [-0.2, 0) is 11.8 Å². The Balaban J connectivity index is 0.885. The van der Waals surface area contributed by atoms with Crippen LogP contribution < -0.4 is 0 Å². The summed E-state index contributed by atoms with van der Waals surface area (Å²) in [6.45, 7) is 0. The Morgan fingerprint density at radius 1 is 0.486 bits per heavy atom. The smallest absolute Gasteiger partial charge is 0.235 e. The molecule has 1 unspecified atom stereocenters. The molecule has 1 spiro atoms. The minimum Gasteiger partial charge on any atom is -0.455 e. The van der Waals surface area contributed by atoms with E-state index in [9.17, 15) is 0 Å². The molecule has 0 saturated heterocycles. The third kappa shape index (κ3) is 5.65. The predicted molar refractivity (Wildman–Crippen MR) is 289 cm³/mol. The Kier molecular flexibility index (Phi) is 8.68. The van der Waals surface area contributed by atoms with Crippen molar-refractivity contribution in [3.63, 3.8) is 0 Å². The van der Waals surface area contributed by atoms with E-state index >= 15 is 0 Å². The van der Waals surface area contributed by atoms with Gasteiger partial charge in [-0.1, -0.05) is 176 Å². The second-order valence-corrected chi connectivity index (χ2v) is 19.7. The summed E-state index contributed by atoms with van der Waals surface area (Å²) in [4.78, 5) is 11.5. The van der Waals surface area contributed by atoms with Crippen molar-refractivity contribution in [2.45, 2.75) is 49.9 Å². The van der Waals surface area contributed by atoms with E-state index in [4.69, 9.17) is 14.4 Å². The molecule has 0 saturated carbocycles. The van der Waals surface area contributed by atoms with Crippen molar-refractivity contribution < 1.29 is 4.42 Å². The predicted octanol–water partition coefficient (Wildman–Crippen LogP) is 16.7. The number of para-hydroxylation sites is 4. The van der Waals surface area contributed by atoms with E-state index in [-0.39, 0.29) is 11.3 Å². The van der Waals surface area contributed by atoms with Gasteiger partial charge in [0.25, 0.3) is 0 Å². The number of rotatable bonds is 3. The Morgan fingerprint density at radius 3 is 1.80 bits per heavy atom. The first kappa shape index (κ1) is 39.6. The Bertz CT molecular complexity index is 4000. The standard InChI is InChI=1S/C66H47N3O/c1-13-32-60(53-28-17-27-52-51-26-9-16-35-63(51)70-64(52)53)68-65(69-61-33-14-7-24-49(61)50-25-8-15-34-62(50)69)67-43(18-1)38-41-36-37-42-39-55-48-23-6-12-31-58(48)66(59(55)40-54(42)45-20-3-2-19-44(41)45)56-29-10-4-21-46(56)47-22-5-11-30-57(47)66/h2-12,14-17,19-35,39-41H,1,13,18,36-38H2/b60-32+,67-43+,68-65-. The number of nitrogens with zero attached hydrogens (tertiary/aromatic N) is 3. The fraction of sp³-hybridized carbons (Fsp3) is 0.121. The van der Waals surface area contributed by atoms with Crippen LogP contribution in [0.5, 0.6) is 0 Å². The summed E-state index contributed by atoms with van der Waals surface area (Å²) in [6.07, 6.45) is 7.91. The summed E-state index contributed by atoms with van der Waals surface area (Å²) in [6, 6.07) is 74.1. The second-order valence-electron chi connectivity index (χ2n) is 19.7. The molecule has 1 aliphatic heterocycles. The second kappa shape index (κ2) is 15.3. The molecule has 0 radical (unpaired) electrons. The molecule has 332 valence electrons. The molecular formula is C66H47N3O. The lowest BCUT2D eigenvalue weighted by molar-refractivity contribution is 0.647. The van der Waals surface area contributed by atoms with Gasteiger partial charge in [-0.25, -0.2) is 9.98 Å². The maximum absolute atomic E-state index is 6.65. The normalized spacial score (nSPS) is 18.8. The summed E-state index contributed by atoms with van der Waals surface area (Å²) < 4.78 is 8.95. The number of benzene rings is 9. The third-order valence-electron chi connectivity index (χ3n) is 16.1. The number of hydrogen-bond acceptors (Lipinski definition) is 3. The van der Waals surface area contributed by atoms with Gasteiger partial charge < -0.3 is 4.42 Å². The van der Waals surface area contributed by atoms with Crippen molar-refractivity contribution in [1.29, 1.82) is 0 Å². The van der Waals surface area contributed by atoms with Gasteiger partial charge in [0.15, 0.2) is 0 Å². The molecule has 4 aliphatic rings. The van der Waals surface area contributed by atoms with Crippen LogP contribution in [0.4, 0.5) is 0 Å². The average Bonchev–Trinajstić information content (AvgIpc) is 4.12. The first-order valence-corrected chi connectivity index (χ1v) is 25.0. The van der Waals surface area contributed by atoms with E-state index in [0.717, 1.165) is 82.8 Å². The minimum atomic E-state index is -0.383. The number of hydrogen-bond donors (Lipinski definition) is 0. The topological polar surface area (TPSA) is 42.8 Å². The van der Waals surface area contributed by atoms with Gasteiger partial charge in [-0.15, -0.1) is 0 Å². The zero-order chi connectivity index (χ0) is 45.9. The summed E-state index contributed by atoms with van der Waals surface area (Å²) in [7, 11) is 0. The van der Waals surface area contributed by atoms with Gasteiger partial charge >= 0.3 is 0 Å². The molecule has 3 aliphatic carbocycles. The zero-order valence-corrected chi connectivity index (χ0v) is 38.7. The highest BCUT2D eigenvalue weighted by Crippen LogP contribution is 2.63. The molecule has 2 aromatic heterocycles. The highest BCUT2D eigenvalue weighted by Gasteiger charge is 2.52. The lowest BCUT2D eigenvalue weighted by atomic mass is 9.70. The van der Waals surface area contributed by atoms with Crippen LogP contribution >= 0.6 is 0 Å². The van der Waals surface area contributed by atoms with E-state index in [1.54, 1.807) is 0 Å². The van der Waals surface area contributed by atoms with Gasteiger partial charge in [0.05, 0.1) is 22.1 Å². The van der Waals surface area contributed by atoms with E-state index in [1.807, 2.05) is 6.07 Å². The number of aromatic nitrogens is 1. The minimum absolute atomic E-state index is 0.267. The van der Waals surface area contributed by atoms with Crippen molar-refractivity contribution in [3.05, 3.63) is 245 Å². The molecule has 3 heterocycles. The third-order valence-corrected chi connectivity index (χ3v) is 16.1. The summed E-state index contributed by atoms with van der Waals surface area (Å²) in [5, 5.41) is 4.60. The van der Waals surface area contributed by atoms with Gasteiger partial charge in [0.1, 0.15) is 11.2 Å². The maximum atomic E-state index is 6.65. The molecule has 0 bridgehead atoms. The van der Waals surface area contributed by atoms with E-state index in [2.05, 4.69) is 205 Å². The number of furan rings is 1. The first-order chi connectivity index (χ1) is 34.7. The summed E-state index contributed by atoms with van der Waals surface area (Å²) in [5.74, 6) is 0.958. The Hall–Kier alpha value is -8.34. The molecule has 0 amide bonds. The van der Waals surface area contributed by atoms with Crippen molar-refractivity contribution in [2.75, 3.05) is 0 Å². The molecular weight excluding hydrogens is 851 g/mol. The fourth-order valence-corrected chi connectivity index (χ4v) is 13.1. The number of allylic oxidation sites excluding steroid dienone is 1. The van der Waals surface area contributed by atoms with Crippen LogP contribution in [0.25, 0.3) is 82.8 Å². The van der Waals surface area contributed by atoms with Crippen LogP contribution in [0, 0.1) is 0 Å². The van der Waals surface area contributed by atoms with Gasteiger partial charge in [0, 0.05) is 32.8 Å². The number of aliphatic imine (C=N–C) groups is 2. The maximum Gasteiger partial charge on any atom is 0.235 e. The lowest BCUT2D eigenvalue weighted by Gasteiger charge is -2.31. The molecule has 15 rings (SSSR count). The molecule has 0 N–H and O–H groups in total. The van der Waals surface area contributed by atoms with Crippen LogP contribution in [0.3, 0.4) is 0 Å². The fourth-order valence-electron chi connectivity index (χ4n) is 13.1. The van der Waals surface area contributed by atoms with Gasteiger partial charge in [-0.3, -0.25) is 4.57 Å². The summed E-state index contributed by atoms with van der Waals surface area (Å²) in [5.41, 5.74) is 23.1. The molecule has 1 atom stereocenters. The molecule has 70 heavy (non-hydrogen) atoms. The number of fused-ring (bicyclic) bond motifs is 19. The van der Waals surface area contributed by atoms with Crippen LogP contribution in [0.2, 0.25) is 0 Å². The van der Waals surface area contributed by atoms with Gasteiger partial charge in [0.2, 0.25) is 5.96 Å². The van der Waals surface area contributed by atoms with Crippen LogP contribution in [0.15, 0.2) is 221 Å². The van der Waals surface area contributed by atoms with Crippen LogP contribution in [0.1, 0.15) is 77.0 Å². The molecule has 4 nitrogen and oxygen atoms in total. The lowest BCUT2D eigenvalue weighted by Crippen LogP contribution is -2.26. The highest BCUT2D eigenvalue weighted by atomic mass is 16.3. The van der Waals surface area contributed by atoms with E-state index in [0.29, 0.717) is 5.96 Å². The van der Waals surface area contributed by atoms with Gasteiger partial charge in [-0.05, 0) is 142 Å². The quantitative estimate of drug-likeness (QED) is 0.174. The van der Waals surface area contributed by atoms with Crippen LogP contribution in [-0.4, -0.2) is 16.2 Å². The monoisotopic (exact) mass is 897 g/mol. The number of aryl methyl sites for hydroxylation is 1. The summed E-state index contributed by atoms with van der Waals surface area (Å²) >= 11 is 0. The van der Waals surface area contributed by atoms with Crippen molar-refractivity contribution >= 4 is 61.1 Å². The first-order valence-electron chi connectivity index (χ1n) is 25.0. The molecule has 0 fully saturated rings. The molecule has 4 heteroatoms. The highest BCUT2D eigenvalue weighted by molar-refractivity contribution is 6.16. The SMILES string of the molecule is C1=C(c2cccc3c2oc2ccccc23)/N=C(n2c3ccccc3c3ccccc32)/N=C(/CC2CCc3cc4c(cc3-c3ccccc32)C2(c3ccccc3-c3ccccc32)c2ccccc2-4)CCC/1. The Labute approximate surface area is 406 Å². The Morgan fingerprint density at radius 2 is 1.07 bits per heavy atom. The van der Waals surface area contributed by atoms with Crippen molar-refractivity contribution in [3.8, 4) is 33.4 Å². The zero-order valence-electron chi connectivity index (χ0n) is 38.7. The largest absolute Gasteiger partial charge is 0.455 e. The molecule has 9 aromatic carbocycles. The molecule has 11 aromatic rings. The van der Waals surface area contributed by atoms with Crippen molar-refractivity contribution in [1.82, 2.24) is 4.57 Å².